The van der Waals surface area contributed by atoms with Crippen LogP contribution in [0.15, 0.2) is 30.3 Å². The highest BCUT2D eigenvalue weighted by Crippen LogP contribution is 2.21. The molecule has 1 aromatic carbocycles. The lowest BCUT2D eigenvalue weighted by molar-refractivity contribution is 0.885. The van der Waals surface area contributed by atoms with Crippen LogP contribution in [0.1, 0.15) is 12.8 Å². The zero-order valence-electron chi connectivity index (χ0n) is 11.0. The Labute approximate surface area is 112 Å². The number of hydrogen-bond acceptors (Lipinski definition) is 5. The monoisotopic (exact) mass is 255 g/mol. The second-order valence-corrected chi connectivity index (χ2v) is 4.59. The molecule has 1 fully saturated rings. The van der Waals surface area contributed by atoms with Crippen LogP contribution in [0.5, 0.6) is 0 Å². The van der Waals surface area contributed by atoms with E-state index in [1.54, 1.807) is 0 Å². The quantitative estimate of drug-likeness (QED) is 0.911. The normalized spacial score (nSPS) is 14.7. The molecule has 5 nitrogen and oxygen atoms in total. The van der Waals surface area contributed by atoms with Crippen molar-refractivity contribution >= 4 is 11.9 Å². The van der Waals surface area contributed by atoms with Gasteiger partial charge in [0, 0.05) is 25.7 Å². The van der Waals surface area contributed by atoms with Gasteiger partial charge in [-0.15, -0.1) is 0 Å². The standard InChI is InChI=1S/C14H17N5/c1-15-13-16-12(11-7-3-2-4-8-11)17-14(18-13)19-9-5-6-10-19/h2-4,7-8H,5-6,9-10H2,1H3,(H,15,16,17,18). The summed E-state index contributed by atoms with van der Waals surface area (Å²) in [6, 6.07) is 10.0. The van der Waals surface area contributed by atoms with E-state index in [4.69, 9.17) is 0 Å². The van der Waals surface area contributed by atoms with Crippen molar-refractivity contribution in [3.63, 3.8) is 0 Å². The summed E-state index contributed by atoms with van der Waals surface area (Å²) in [7, 11) is 1.83. The van der Waals surface area contributed by atoms with E-state index in [-0.39, 0.29) is 0 Å². The number of nitrogens with one attached hydrogen (secondary N) is 1. The lowest BCUT2D eigenvalue weighted by atomic mass is 10.2. The van der Waals surface area contributed by atoms with Gasteiger partial charge in [0.05, 0.1) is 0 Å². The van der Waals surface area contributed by atoms with Gasteiger partial charge in [-0.05, 0) is 12.8 Å². The Bertz CT molecular complexity index is 549. The van der Waals surface area contributed by atoms with Gasteiger partial charge in [0.15, 0.2) is 5.82 Å². The average Bonchev–Trinajstić information content (AvgIpc) is 3.02. The lowest BCUT2D eigenvalue weighted by Gasteiger charge is -2.16. The van der Waals surface area contributed by atoms with E-state index in [2.05, 4.69) is 25.2 Å². The fourth-order valence-electron chi connectivity index (χ4n) is 2.25. The van der Waals surface area contributed by atoms with E-state index in [1.165, 1.54) is 12.8 Å². The van der Waals surface area contributed by atoms with Crippen LogP contribution in [0.4, 0.5) is 11.9 Å². The molecule has 2 heterocycles. The number of hydrogen-bond donors (Lipinski definition) is 1. The maximum atomic E-state index is 4.60. The molecule has 98 valence electrons. The molecule has 1 aromatic heterocycles. The van der Waals surface area contributed by atoms with Gasteiger partial charge in [-0.2, -0.15) is 15.0 Å². The number of benzene rings is 1. The van der Waals surface area contributed by atoms with E-state index >= 15 is 0 Å². The molecule has 1 aliphatic heterocycles. The Hall–Kier alpha value is -2.17. The third-order valence-electron chi connectivity index (χ3n) is 3.27. The van der Waals surface area contributed by atoms with E-state index in [0.717, 1.165) is 30.4 Å². The van der Waals surface area contributed by atoms with Crippen LogP contribution in [0.3, 0.4) is 0 Å². The third kappa shape index (κ3) is 2.50. The van der Waals surface area contributed by atoms with Crippen LogP contribution < -0.4 is 10.2 Å². The van der Waals surface area contributed by atoms with Gasteiger partial charge in [0.1, 0.15) is 0 Å². The number of aromatic nitrogens is 3. The molecular weight excluding hydrogens is 238 g/mol. The first-order valence-electron chi connectivity index (χ1n) is 6.61. The summed E-state index contributed by atoms with van der Waals surface area (Å²) in [5.74, 6) is 2.12. The van der Waals surface area contributed by atoms with Crippen molar-refractivity contribution < 1.29 is 0 Å². The molecule has 0 aliphatic carbocycles. The predicted octanol–water partition coefficient (Wildman–Crippen LogP) is 2.18. The van der Waals surface area contributed by atoms with Crippen molar-refractivity contribution in [3.8, 4) is 11.4 Å². The number of rotatable bonds is 3. The highest BCUT2D eigenvalue weighted by atomic mass is 15.3. The van der Waals surface area contributed by atoms with E-state index in [1.807, 2.05) is 37.4 Å². The van der Waals surface area contributed by atoms with E-state index in [9.17, 15) is 0 Å². The Kier molecular flexibility index (Phi) is 3.27. The zero-order valence-corrected chi connectivity index (χ0v) is 11.0. The van der Waals surface area contributed by atoms with Crippen molar-refractivity contribution in [1.29, 1.82) is 0 Å². The van der Waals surface area contributed by atoms with Gasteiger partial charge in [-0.25, -0.2) is 0 Å². The van der Waals surface area contributed by atoms with Crippen LogP contribution in [0, 0.1) is 0 Å². The van der Waals surface area contributed by atoms with Crippen LogP contribution in [0.2, 0.25) is 0 Å². The maximum Gasteiger partial charge on any atom is 0.230 e. The summed E-state index contributed by atoms with van der Waals surface area (Å²) in [4.78, 5) is 15.7. The largest absolute Gasteiger partial charge is 0.357 e. The van der Waals surface area contributed by atoms with Crippen LogP contribution in [0.25, 0.3) is 11.4 Å². The maximum absolute atomic E-state index is 4.60. The van der Waals surface area contributed by atoms with Gasteiger partial charge in [0.25, 0.3) is 0 Å². The van der Waals surface area contributed by atoms with Crippen molar-refractivity contribution in [2.24, 2.45) is 0 Å². The van der Waals surface area contributed by atoms with Crippen molar-refractivity contribution in [3.05, 3.63) is 30.3 Å². The minimum atomic E-state index is 0.621. The molecule has 2 aromatic rings. The van der Waals surface area contributed by atoms with E-state index in [0.29, 0.717) is 5.95 Å². The summed E-state index contributed by atoms with van der Waals surface area (Å²) in [6.45, 7) is 2.06. The molecule has 0 atom stereocenters. The topological polar surface area (TPSA) is 53.9 Å². The lowest BCUT2D eigenvalue weighted by Crippen LogP contribution is -2.21. The molecular formula is C14H17N5. The van der Waals surface area contributed by atoms with Gasteiger partial charge in [-0.3, -0.25) is 0 Å². The SMILES string of the molecule is CNc1nc(-c2ccccc2)nc(N2CCCC2)n1. The summed E-state index contributed by atoms with van der Waals surface area (Å²) >= 11 is 0. The summed E-state index contributed by atoms with van der Waals surface area (Å²) in [6.07, 6.45) is 2.42. The fraction of sp³-hybridized carbons (Fsp3) is 0.357. The fourth-order valence-corrected chi connectivity index (χ4v) is 2.25. The Morgan fingerprint density at radius 2 is 1.74 bits per heavy atom. The highest BCUT2D eigenvalue weighted by molar-refractivity contribution is 5.58. The van der Waals surface area contributed by atoms with Crippen LogP contribution in [-0.2, 0) is 0 Å². The van der Waals surface area contributed by atoms with Crippen LogP contribution >= 0.6 is 0 Å². The minimum absolute atomic E-state index is 0.621. The molecule has 1 aliphatic rings. The van der Waals surface area contributed by atoms with Crippen LogP contribution in [-0.4, -0.2) is 35.1 Å². The van der Waals surface area contributed by atoms with Gasteiger partial charge < -0.3 is 10.2 Å². The molecule has 1 N–H and O–H groups in total. The number of anilines is 2. The van der Waals surface area contributed by atoms with Crippen molar-refractivity contribution in [2.45, 2.75) is 12.8 Å². The molecule has 0 radical (unpaired) electrons. The molecule has 1 saturated heterocycles. The average molecular weight is 255 g/mol. The molecule has 5 heteroatoms. The second kappa shape index (κ2) is 5.22. The summed E-state index contributed by atoms with van der Waals surface area (Å²) < 4.78 is 0. The first kappa shape index (κ1) is 11.9. The molecule has 0 unspecified atom stereocenters. The van der Waals surface area contributed by atoms with Gasteiger partial charge in [0.2, 0.25) is 11.9 Å². The second-order valence-electron chi connectivity index (χ2n) is 4.59. The molecule has 19 heavy (non-hydrogen) atoms. The highest BCUT2D eigenvalue weighted by Gasteiger charge is 2.17. The minimum Gasteiger partial charge on any atom is -0.357 e. The predicted molar refractivity (Wildman–Crippen MR) is 76.3 cm³/mol. The van der Waals surface area contributed by atoms with Gasteiger partial charge >= 0.3 is 0 Å². The Morgan fingerprint density at radius 1 is 1.00 bits per heavy atom. The molecule has 0 bridgehead atoms. The Morgan fingerprint density at radius 3 is 2.42 bits per heavy atom. The third-order valence-corrected chi connectivity index (χ3v) is 3.27. The number of nitrogens with zero attached hydrogens (tertiary/aromatic N) is 4. The first-order valence-corrected chi connectivity index (χ1v) is 6.61. The smallest absolute Gasteiger partial charge is 0.230 e. The summed E-state index contributed by atoms with van der Waals surface area (Å²) in [5.41, 5.74) is 1.02. The molecule has 0 spiro atoms. The van der Waals surface area contributed by atoms with E-state index < -0.39 is 0 Å². The molecule has 3 rings (SSSR count). The molecule has 0 saturated carbocycles. The van der Waals surface area contributed by atoms with Crippen molar-refractivity contribution in [1.82, 2.24) is 15.0 Å². The summed E-state index contributed by atoms with van der Waals surface area (Å²) in [5, 5.41) is 3.01. The Balaban J connectivity index is 2.02. The van der Waals surface area contributed by atoms with Gasteiger partial charge in [-0.1, -0.05) is 30.3 Å². The zero-order chi connectivity index (χ0) is 13.1. The first-order chi connectivity index (χ1) is 9.36. The molecule has 0 amide bonds. The van der Waals surface area contributed by atoms with Crippen molar-refractivity contribution in [2.75, 3.05) is 30.4 Å².